The van der Waals surface area contributed by atoms with Crippen LogP contribution in [0.1, 0.15) is 30.6 Å². The van der Waals surface area contributed by atoms with E-state index in [1.807, 2.05) is 42.5 Å². The lowest BCUT2D eigenvalue weighted by atomic mass is 9.97. The van der Waals surface area contributed by atoms with Gasteiger partial charge in [-0.05, 0) is 42.0 Å². The van der Waals surface area contributed by atoms with E-state index in [1.54, 1.807) is 18.2 Å². The fraction of sp³-hybridized carbons (Fsp3) is 0.269. The van der Waals surface area contributed by atoms with Gasteiger partial charge in [0.15, 0.2) is 23.2 Å². The highest BCUT2D eigenvalue weighted by Crippen LogP contribution is 2.30. The average molecular weight is 431 g/mol. The topological polar surface area (TPSA) is 88.4 Å². The first kappa shape index (κ1) is 22.8. The van der Waals surface area contributed by atoms with Gasteiger partial charge in [-0.25, -0.2) is 0 Å². The molecule has 6 nitrogen and oxygen atoms in total. The van der Waals surface area contributed by atoms with Crippen LogP contribution in [0.5, 0.6) is 11.5 Å². The van der Waals surface area contributed by atoms with Crippen LogP contribution in [0, 0.1) is 23.2 Å². The van der Waals surface area contributed by atoms with Gasteiger partial charge in [0.2, 0.25) is 5.91 Å². The fourth-order valence-electron chi connectivity index (χ4n) is 3.29. The van der Waals surface area contributed by atoms with Gasteiger partial charge in [-0.15, -0.1) is 0 Å². The van der Waals surface area contributed by atoms with Crippen molar-refractivity contribution in [3.63, 3.8) is 0 Å². The van der Waals surface area contributed by atoms with Crippen LogP contribution in [-0.4, -0.2) is 25.4 Å². The Bertz CT molecular complexity index is 1160. The van der Waals surface area contributed by atoms with Crippen molar-refractivity contribution in [1.29, 1.82) is 5.26 Å². The molecule has 1 unspecified atom stereocenters. The largest absolute Gasteiger partial charge is 0.493 e. The fourth-order valence-corrected chi connectivity index (χ4v) is 3.29. The van der Waals surface area contributed by atoms with Crippen molar-refractivity contribution in [1.82, 2.24) is 0 Å². The molecule has 3 rings (SSSR count). The first-order chi connectivity index (χ1) is 15.4. The van der Waals surface area contributed by atoms with Gasteiger partial charge in [-0.3, -0.25) is 9.59 Å². The molecule has 0 radical (unpaired) electrons. The molecule has 0 saturated heterocycles. The lowest BCUT2D eigenvalue weighted by molar-refractivity contribution is -0.117. The van der Waals surface area contributed by atoms with Crippen molar-refractivity contribution in [2.24, 2.45) is 11.8 Å². The van der Waals surface area contributed by atoms with Crippen LogP contribution in [0.3, 0.4) is 0 Å². The molecule has 0 spiro atoms. The van der Waals surface area contributed by atoms with E-state index in [9.17, 15) is 14.9 Å². The molecule has 0 bridgehead atoms. The van der Waals surface area contributed by atoms with E-state index in [0.717, 1.165) is 17.2 Å². The summed E-state index contributed by atoms with van der Waals surface area (Å²) in [5.74, 6) is -1.38. The zero-order chi connectivity index (χ0) is 23.1. The molecule has 0 aromatic heterocycles. The standard InChI is InChI=1S/C26H26N2O4/c1-17(2)13-14-32-23-12-11-19(15-24(23)31-3)25(29)21(16-27)26(30)28-22-10-6-8-18-7-4-5-9-20(18)22/h4-12,15,17,21H,13-14H2,1-3H3,(H,28,30). The normalized spacial score (nSPS) is 11.6. The molecule has 1 atom stereocenters. The molecule has 0 saturated carbocycles. The van der Waals surface area contributed by atoms with E-state index in [0.29, 0.717) is 29.7 Å². The van der Waals surface area contributed by atoms with Gasteiger partial charge < -0.3 is 14.8 Å². The van der Waals surface area contributed by atoms with Gasteiger partial charge in [-0.1, -0.05) is 50.2 Å². The summed E-state index contributed by atoms with van der Waals surface area (Å²) >= 11 is 0. The monoisotopic (exact) mass is 430 g/mol. The highest BCUT2D eigenvalue weighted by atomic mass is 16.5. The van der Waals surface area contributed by atoms with E-state index in [1.165, 1.54) is 13.2 Å². The quantitative estimate of drug-likeness (QED) is 0.371. The summed E-state index contributed by atoms with van der Waals surface area (Å²) in [6.07, 6.45) is 0.884. The average Bonchev–Trinajstić information content (AvgIpc) is 2.79. The van der Waals surface area contributed by atoms with Gasteiger partial charge in [0.05, 0.1) is 19.8 Å². The Morgan fingerprint density at radius 2 is 1.78 bits per heavy atom. The van der Waals surface area contributed by atoms with E-state index in [-0.39, 0.29) is 5.56 Å². The number of benzene rings is 3. The molecular weight excluding hydrogens is 404 g/mol. The molecule has 0 fully saturated rings. The Morgan fingerprint density at radius 1 is 1.03 bits per heavy atom. The SMILES string of the molecule is COc1cc(C(=O)C(C#N)C(=O)Nc2cccc3ccccc23)ccc1OCCC(C)C. The van der Waals surface area contributed by atoms with E-state index in [2.05, 4.69) is 19.2 Å². The van der Waals surface area contributed by atoms with Gasteiger partial charge in [0.25, 0.3) is 0 Å². The minimum absolute atomic E-state index is 0.206. The Hall–Kier alpha value is -3.85. The summed E-state index contributed by atoms with van der Waals surface area (Å²) in [5, 5.41) is 14.1. The van der Waals surface area contributed by atoms with Crippen LogP contribution in [0.15, 0.2) is 60.7 Å². The molecular formula is C26H26N2O4. The number of Topliss-reactive ketones (excluding diaryl/α,β-unsaturated/α-hetero) is 1. The third-order valence-corrected chi connectivity index (χ3v) is 5.10. The maximum Gasteiger partial charge on any atom is 0.249 e. The molecule has 6 heteroatoms. The number of carbonyl (C=O) groups excluding carboxylic acids is 2. The minimum atomic E-state index is -1.49. The van der Waals surface area contributed by atoms with Crippen LogP contribution in [0.25, 0.3) is 10.8 Å². The molecule has 1 amide bonds. The van der Waals surface area contributed by atoms with Crippen molar-refractivity contribution < 1.29 is 19.1 Å². The zero-order valence-electron chi connectivity index (χ0n) is 18.4. The summed E-state index contributed by atoms with van der Waals surface area (Å²) in [5.41, 5.74) is 0.755. The molecule has 3 aromatic rings. The van der Waals surface area contributed by atoms with Crippen LogP contribution in [0.4, 0.5) is 5.69 Å². The number of nitrogens with zero attached hydrogens (tertiary/aromatic N) is 1. The summed E-state index contributed by atoms with van der Waals surface area (Å²) in [7, 11) is 1.48. The maximum atomic E-state index is 13.0. The smallest absolute Gasteiger partial charge is 0.249 e. The van der Waals surface area contributed by atoms with E-state index >= 15 is 0 Å². The molecule has 32 heavy (non-hydrogen) atoms. The molecule has 0 heterocycles. The number of methoxy groups -OCH3 is 1. The lowest BCUT2D eigenvalue weighted by Gasteiger charge is -2.14. The Balaban J connectivity index is 1.79. The minimum Gasteiger partial charge on any atom is -0.493 e. The van der Waals surface area contributed by atoms with Crippen LogP contribution < -0.4 is 14.8 Å². The van der Waals surface area contributed by atoms with Crippen LogP contribution in [-0.2, 0) is 4.79 Å². The number of anilines is 1. The van der Waals surface area contributed by atoms with Gasteiger partial charge in [0, 0.05) is 16.6 Å². The summed E-state index contributed by atoms with van der Waals surface area (Å²) < 4.78 is 11.1. The number of rotatable bonds is 9. The highest BCUT2D eigenvalue weighted by molar-refractivity contribution is 6.17. The predicted molar refractivity (Wildman–Crippen MR) is 124 cm³/mol. The number of hydrogen-bond donors (Lipinski definition) is 1. The zero-order valence-corrected chi connectivity index (χ0v) is 18.4. The van der Waals surface area contributed by atoms with Crippen molar-refractivity contribution in [3.8, 4) is 17.6 Å². The molecule has 0 aliphatic carbocycles. The third-order valence-electron chi connectivity index (χ3n) is 5.10. The van der Waals surface area contributed by atoms with Gasteiger partial charge in [0.1, 0.15) is 0 Å². The van der Waals surface area contributed by atoms with Crippen molar-refractivity contribution >= 4 is 28.2 Å². The molecule has 3 aromatic carbocycles. The van der Waals surface area contributed by atoms with Crippen molar-refractivity contribution in [2.75, 3.05) is 19.0 Å². The first-order valence-electron chi connectivity index (χ1n) is 10.5. The maximum absolute atomic E-state index is 13.0. The molecule has 0 aliphatic rings. The van der Waals surface area contributed by atoms with Crippen LogP contribution in [0.2, 0.25) is 0 Å². The third kappa shape index (κ3) is 5.25. The lowest BCUT2D eigenvalue weighted by Crippen LogP contribution is -2.28. The Labute approximate surface area is 187 Å². The molecule has 0 aliphatic heterocycles. The Morgan fingerprint density at radius 3 is 2.50 bits per heavy atom. The molecule has 1 N–H and O–H groups in total. The number of fused-ring (bicyclic) bond motifs is 1. The highest BCUT2D eigenvalue weighted by Gasteiger charge is 2.28. The second kappa shape index (κ2) is 10.5. The number of ketones is 1. The second-order valence-corrected chi connectivity index (χ2v) is 7.84. The van der Waals surface area contributed by atoms with Crippen molar-refractivity contribution in [3.05, 3.63) is 66.2 Å². The van der Waals surface area contributed by atoms with Crippen LogP contribution >= 0.6 is 0 Å². The number of ether oxygens (including phenoxy) is 2. The predicted octanol–water partition coefficient (Wildman–Crippen LogP) is 5.23. The van der Waals surface area contributed by atoms with Crippen molar-refractivity contribution in [2.45, 2.75) is 20.3 Å². The Kier molecular flexibility index (Phi) is 7.45. The van der Waals surface area contributed by atoms with Gasteiger partial charge >= 0.3 is 0 Å². The number of nitrogens with one attached hydrogen (secondary N) is 1. The number of amides is 1. The van der Waals surface area contributed by atoms with Gasteiger partial charge in [-0.2, -0.15) is 5.26 Å². The van der Waals surface area contributed by atoms with E-state index in [4.69, 9.17) is 9.47 Å². The first-order valence-corrected chi connectivity index (χ1v) is 10.5. The number of hydrogen-bond acceptors (Lipinski definition) is 5. The summed E-state index contributed by atoms with van der Waals surface area (Å²) in [6, 6.07) is 19.6. The number of nitriles is 1. The van der Waals surface area contributed by atoms with E-state index < -0.39 is 17.6 Å². The molecule has 164 valence electrons. The summed E-state index contributed by atoms with van der Waals surface area (Å²) in [4.78, 5) is 25.8. The second-order valence-electron chi connectivity index (χ2n) is 7.84. The number of carbonyl (C=O) groups is 2. The summed E-state index contributed by atoms with van der Waals surface area (Å²) in [6.45, 7) is 4.73.